The first kappa shape index (κ1) is 14.9. The summed E-state index contributed by atoms with van der Waals surface area (Å²) in [6, 6.07) is 13.9. The number of hydrogen-bond donors (Lipinski definition) is 0. The van der Waals surface area contributed by atoms with Crippen molar-refractivity contribution >= 4 is 65.0 Å². The molecule has 0 saturated carbocycles. The van der Waals surface area contributed by atoms with Gasteiger partial charge in [-0.2, -0.15) is 0 Å². The van der Waals surface area contributed by atoms with E-state index in [-0.39, 0.29) is 72.7 Å². The molecule has 1 aromatic heterocycles. The number of hydrogen-bond acceptors (Lipinski definition) is 1. The Bertz CT molecular complexity index is 3700. The molecule has 0 aliphatic carbocycles. The van der Waals surface area contributed by atoms with Crippen LogP contribution in [0.2, 0.25) is 0 Å². The fraction of sp³-hybridized carbons (Fsp3) is 0. The summed E-state index contributed by atoms with van der Waals surface area (Å²) >= 11 is 0. The van der Waals surface area contributed by atoms with Crippen LogP contribution in [0.3, 0.4) is 0 Å². The zero-order valence-electron chi connectivity index (χ0n) is 40.3. The molecule has 0 aliphatic heterocycles. The van der Waals surface area contributed by atoms with Gasteiger partial charge in [-0.1, -0.05) is 145 Å². The van der Waals surface area contributed by atoms with Crippen LogP contribution in [0.15, 0.2) is 174 Å². The van der Waals surface area contributed by atoms with Crippen LogP contribution < -0.4 is 0 Å². The SMILES string of the molecule is [2H]c1c([2H])c(-c2c3ccccc3c(-c3cccc(-c4c([2H])c([2H])c5c([2H])c([2H])c([2H])c([2H])c5c4[2H])c3)c3ccccc23)c2c(oc3c4c([2H])c([2H])c([2H])c([2H])c4c([2H])c([2H])c32)c1[2H]. The Balaban J connectivity index is 1.32. The van der Waals surface area contributed by atoms with Crippen LogP contribution >= 0.6 is 0 Å². The molecule has 9 aromatic carbocycles. The summed E-state index contributed by atoms with van der Waals surface area (Å²) in [6.07, 6.45) is 0. The van der Waals surface area contributed by atoms with Crippen molar-refractivity contribution in [3.63, 3.8) is 0 Å². The zero-order valence-corrected chi connectivity index (χ0v) is 24.3. The average Bonchev–Trinajstić information content (AvgIpc) is 3.68. The zero-order chi connectivity index (χ0) is 44.8. The van der Waals surface area contributed by atoms with Gasteiger partial charge in [0.15, 0.2) is 0 Å². The van der Waals surface area contributed by atoms with E-state index in [2.05, 4.69) is 0 Å². The van der Waals surface area contributed by atoms with Crippen LogP contribution in [-0.2, 0) is 0 Å². The van der Waals surface area contributed by atoms with E-state index in [1.165, 1.54) is 0 Å². The molecular formula is C46H28O. The minimum atomic E-state index is -0.585. The molecule has 218 valence electrons. The van der Waals surface area contributed by atoms with E-state index in [0.29, 0.717) is 43.8 Å². The average molecular weight is 613 g/mol. The lowest BCUT2D eigenvalue weighted by molar-refractivity contribution is 0.673. The Labute approximate surface area is 294 Å². The molecule has 1 heterocycles. The Kier molecular flexibility index (Phi) is 3.23. The van der Waals surface area contributed by atoms with E-state index in [9.17, 15) is 4.11 Å². The van der Waals surface area contributed by atoms with Crippen molar-refractivity contribution in [3.8, 4) is 33.4 Å². The van der Waals surface area contributed by atoms with Gasteiger partial charge < -0.3 is 4.42 Å². The Morgan fingerprint density at radius 1 is 0.426 bits per heavy atom. The van der Waals surface area contributed by atoms with E-state index in [4.69, 9.17) is 22.2 Å². The van der Waals surface area contributed by atoms with Crippen molar-refractivity contribution in [1.82, 2.24) is 0 Å². The molecule has 10 aromatic rings. The normalized spacial score (nSPS) is 16.6. The topological polar surface area (TPSA) is 13.1 Å². The number of benzene rings is 9. The largest absolute Gasteiger partial charge is 0.455 e. The Morgan fingerprint density at radius 3 is 1.87 bits per heavy atom. The molecule has 1 heteroatoms. The third-order valence-electron chi connectivity index (χ3n) is 8.62. The second-order valence-electron chi connectivity index (χ2n) is 11.2. The molecule has 0 saturated heterocycles. The second kappa shape index (κ2) is 10.2. The summed E-state index contributed by atoms with van der Waals surface area (Å²) in [4.78, 5) is 0. The molecule has 0 aliphatic rings. The van der Waals surface area contributed by atoms with Crippen molar-refractivity contribution in [2.45, 2.75) is 0 Å². The summed E-state index contributed by atoms with van der Waals surface area (Å²) in [6.45, 7) is 0. The smallest absolute Gasteiger partial charge is 0.143 e. The molecule has 0 radical (unpaired) electrons. The molecular weight excluding hydrogens is 569 g/mol. The number of furan rings is 1. The van der Waals surface area contributed by atoms with Gasteiger partial charge in [-0.15, -0.1) is 0 Å². The lowest BCUT2D eigenvalue weighted by atomic mass is 9.84. The molecule has 0 bridgehead atoms. The standard InChI is InChI=1S/C46H28O/c1-2-13-31-27-33(24-23-29(31)11-1)32-14-9-15-34(28-32)43-36-17-5-7-19-38(36)44(39-20-8-6-18-37(39)43)40-21-10-22-42-45(40)41-26-25-30-12-3-4-16-35(30)46(41)47-42/h1-28H/i1D,2D,3D,4D,10D,11D,12D,13D,16D,21D,22D,23D,24D,25D,26D,27D. The summed E-state index contributed by atoms with van der Waals surface area (Å²) in [5.74, 6) is 0. The Hall–Kier alpha value is -6.18. The first-order chi connectivity index (χ1) is 30.0. The quantitative estimate of drug-likeness (QED) is 0.181. The molecule has 1 nitrogen and oxygen atoms in total. The summed E-state index contributed by atoms with van der Waals surface area (Å²) in [7, 11) is 0. The van der Waals surface area contributed by atoms with E-state index < -0.39 is 78.6 Å². The van der Waals surface area contributed by atoms with Crippen LogP contribution in [0.5, 0.6) is 0 Å². The van der Waals surface area contributed by atoms with Gasteiger partial charge in [0.25, 0.3) is 0 Å². The lowest BCUT2D eigenvalue weighted by Gasteiger charge is -2.18. The van der Waals surface area contributed by atoms with Crippen molar-refractivity contribution in [2.24, 2.45) is 0 Å². The fourth-order valence-electron chi connectivity index (χ4n) is 6.62. The minimum absolute atomic E-state index is 0.00786. The summed E-state index contributed by atoms with van der Waals surface area (Å²) in [5, 5.41) is 1.74. The fourth-order valence-corrected chi connectivity index (χ4v) is 6.62. The molecule has 0 amide bonds. The number of rotatable bonds is 3. The highest BCUT2D eigenvalue weighted by atomic mass is 16.3. The molecule has 0 N–H and O–H groups in total. The van der Waals surface area contributed by atoms with E-state index >= 15 is 0 Å². The third-order valence-corrected chi connectivity index (χ3v) is 8.62. The molecule has 10 rings (SSSR count). The summed E-state index contributed by atoms with van der Waals surface area (Å²) in [5.41, 5.74) is 1.87. The van der Waals surface area contributed by atoms with Crippen LogP contribution in [0, 0.1) is 0 Å². The van der Waals surface area contributed by atoms with Crippen LogP contribution in [0.25, 0.3) is 98.4 Å². The van der Waals surface area contributed by atoms with E-state index in [1.807, 2.05) is 42.5 Å². The highest BCUT2D eigenvalue weighted by Gasteiger charge is 2.21. The van der Waals surface area contributed by atoms with E-state index in [1.54, 1.807) is 30.3 Å². The lowest BCUT2D eigenvalue weighted by Crippen LogP contribution is -1.91. The van der Waals surface area contributed by atoms with Gasteiger partial charge in [0.05, 0.1) is 21.9 Å². The van der Waals surface area contributed by atoms with Gasteiger partial charge in [0, 0.05) is 16.2 Å². The third kappa shape index (κ3) is 3.97. The van der Waals surface area contributed by atoms with Gasteiger partial charge in [-0.05, 0) is 95.3 Å². The van der Waals surface area contributed by atoms with Gasteiger partial charge in [0.2, 0.25) is 0 Å². The highest BCUT2D eigenvalue weighted by Crippen LogP contribution is 2.47. The molecule has 0 fully saturated rings. The van der Waals surface area contributed by atoms with Crippen LogP contribution in [0.1, 0.15) is 21.9 Å². The van der Waals surface area contributed by atoms with Crippen molar-refractivity contribution in [2.75, 3.05) is 0 Å². The first-order valence-corrected chi connectivity index (χ1v) is 14.9. The van der Waals surface area contributed by atoms with Crippen LogP contribution in [0.4, 0.5) is 0 Å². The second-order valence-corrected chi connectivity index (χ2v) is 11.2. The van der Waals surface area contributed by atoms with Crippen molar-refractivity contribution < 1.29 is 26.3 Å². The maximum absolute atomic E-state index is 9.48. The van der Waals surface area contributed by atoms with Crippen molar-refractivity contribution in [3.05, 3.63) is 169 Å². The van der Waals surface area contributed by atoms with Gasteiger partial charge in [-0.3, -0.25) is 0 Å². The Morgan fingerprint density at radius 2 is 1.09 bits per heavy atom. The van der Waals surface area contributed by atoms with Gasteiger partial charge >= 0.3 is 0 Å². The predicted molar refractivity (Wildman–Crippen MR) is 200 cm³/mol. The number of fused-ring (bicyclic) bond motifs is 8. The van der Waals surface area contributed by atoms with Crippen molar-refractivity contribution in [1.29, 1.82) is 0 Å². The van der Waals surface area contributed by atoms with Crippen LogP contribution in [-0.4, -0.2) is 0 Å². The first-order valence-electron chi connectivity index (χ1n) is 22.9. The monoisotopic (exact) mass is 612 g/mol. The van der Waals surface area contributed by atoms with E-state index in [0.717, 1.165) is 0 Å². The summed E-state index contributed by atoms with van der Waals surface area (Å²) < 4.78 is 147. The molecule has 0 atom stereocenters. The molecule has 47 heavy (non-hydrogen) atoms. The van der Waals surface area contributed by atoms with Gasteiger partial charge in [0.1, 0.15) is 11.2 Å². The molecule has 0 unspecified atom stereocenters. The predicted octanol–water partition coefficient (Wildman–Crippen LogP) is 13.2. The maximum Gasteiger partial charge on any atom is 0.143 e. The molecule has 0 spiro atoms. The van der Waals surface area contributed by atoms with Gasteiger partial charge in [-0.25, -0.2) is 0 Å². The minimum Gasteiger partial charge on any atom is -0.455 e. The highest BCUT2D eigenvalue weighted by molar-refractivity contribution is 6.27. The maximum atomic E-state index is 9.48.